The predicted molar refractivity (Wildman–Crippen MR) is 66.2 cm³/mol. The standard InChI is InChI=1S/C10H19BrN4O/c1-7(16-4)5-6-8(12-2)9-10(11)13-14-15(9)3/h7-8,12H,5-6H2,1-4H3. The van der Waals surface area contributed by atoms with Crippen LogP contribution in [-0.4, -0.2) is 35.3 Å². The first-order valence-electron chi connectivity index (χ1n) is 5.35. The molecule has 0 aromatic carbocycles. The molecular weight excluding hydrogens is 272 g/mol. The zero-order chi connectivity index (χ0) is 12.1. The van der Waals surface area contributed by atoms with E-state index in [2.05, 4.69) is 38.5 Å². The van der Waals surface area contributed by atoms with Crippen molar-refractivity contribution < 1.29 is 4.74 Å². The van der Waals surface area contributed by atoms with Crippen molar-refractivity contribution in [3.05, 3.63) is 10.3 Å². The van der Waals surface area contributed by atoms with E-state index in [1.165, 1.54) is 0 Å². The second kappa shape index (κ2) is 6.32. The minimum Gasteiger partial charge on any atom is -0.382 e. The zero-order valence-corrected chi connectivity index (χ0v) is 11.8. The maximum absolute atomic E-state index is 5.25. The van der Waals surface area contributed by atoms with Gasteiger partial charge in [0, 0.05) is 14.2 Å². The highest BCUT2D eigenvalue weighted by atomic mass is 79.9. The van der Waals surface area contributed by atoms with Crippen LogP contribution >= 0.6 is 15.9 Å². The van der Waals surface area contributed by atoms with Gasteiger partial charge in [0.15, 0.2) is 4.60 Å². The Morgan fingerprint density at radius 1 is 1.50 bits per heavy atom. The number of methoxy groups -OCH3 is 1. The first kappa shape index (κ1) is 13.6. The topological polar surface area (TPSA) is 52.0 Å². The SMILES string of the molecule is CNC(CCC(C)OC)c1c(Br)nnn1C. The Kier molecular flexibility index (Phi) is 5.37. The van der Waals surface area contributed by atoms with E-state index in [-0.39, 0.29) is 12.1 Å². The van der Waals surface area contributed by atoms with Crippen molar-refractivity contribution in [3.63, 3.8) is 0 Å². The third-order valence-electron chi connectivity index (χ3n) is 2.77. The maximum atomic E-state index is 5.25. The number of halogens is 1. The molecule has 0 aliphatic rings. The Bertz CT molecular complexity index is 309. The molecule has 1 aromatic heterocycles. The Balaban J connectivity index is 2.67. The second-order valence-electron chi connectivity index (χ2n) is 3.85. The molecule has 2 atom stereocenters. The smallest absolute Gasteiger partial charge is 0.153 e. The number of aryl methyl sites for hydroxylation is 1. The third-order valence-corrected chi connectivity index (χ3v) is 3.33. The fourth-order valence-corrected chi connectivity index (χ4v) is 2.25. The van der Waals surface area contributed by atoms with E-state index in [4.69, 9.17) is 4.74 Å². The summed E-state index contributed by atoms with van der Waals surface area (Å²) >= 11 is 3.42. The van der Waals surface area contributed by atoms with Crippen molar-refractivity contribution in [2.75, 3.05) is 14.2 Å². The van der Waals surface area contributed by atoms with Crippen molar-refractivity contribution in [3.8, 4) is 0 Å². The van der Waals surface area contributed by atoms with Crippen molar-refractivity contribution in [2.24, 2.45) is 7.05 Å². The predicted octanol–water partition coefficient (Wildman–Crippen LogP) is 1.65. The molecule has 0 aliphatic heterocycles. The van der Waals surface area contributed by atoms with E-state index >= 15 is 0 Å². The van der Waals surface area contributed by atoms with Crippen LogP contribution in [0.2, 0.25) is 0 Å². The Morgan fingerprint density at radius 3 is 2.62 bits per heavy atom. The van der Waals surface area contributed by atoms with Gasteiger partial charge in [-0.15, -0.1) is 5.10 Å². The molecule has 0 spiro atoms. The highest BCUT2D eigenvalue weighted by Gasteiger charge is 2.19. The summed E-state index contributed by atoms with van der Waals surface area (Å²) < 4.78 is 7.84. The van der Waals surface area contributed by atoms with E-state index in [0.717, 1.165) is 23.1 Å². The summed E-state index contributed by atoms with van der Waals surface area (Å²) in [6.45, 7) is 2.07. The third kappa shape index (κ3) is 3.26. The number of ether oxygens (including phenoxy) is 1. The fraction of sp³-hybridized carbons (Fsp3) is 0.800. The van der Waals surface area contributed by atoms with Crippen LogP contribution in [0.25, 0.3) is 0 Å². The summed E-state index contributed by atoms with van der Waals surface area (Å²) in [6.07, 6.45) is 2.26. The minimum atomic E-state index is 0.243. The molecule has 5 nitrogen and oxygen atoms in total. The lowest BCUT2D eigenvalue weighted by Gasteiger charge is -2.18. The largest absolute Gasteiger partial charge is 0.382 e. The van der Waals surface area contributed by atoms with Gasteiger partial charge in [-0.2, -0.15) is 0 Å². The molecule has 1 heterocycles. The highest BCUT2D eigenvalue weighted by Crippen LogP contribution is 2.24. The number of rotatable bonds is 6. The van der Waals surface area contributed by atoms with Gasteiger partial charge < -0.3 is 10.1 Å². The molecule has 0 saturated heterocycles. The van der Waals surface area contributed by atoms with E-state index in [0.29, 0.717) is 0 Å². The first-order valence-corrected chi connectivity index (χ1v) is 6.14. The fourth-order valence-electron chi connectivity index (χ4n) is 1.65. The number of nitrogens with one attached hydrogen (secondary N) is 1. The van der Waals surface area contributed by atoms with Gasteiger partial charge in [-0.3, -0.25) is 0 Å². The van der Waals surface area contributed by atoms with E-state index in [9.17, 15) is 0 Å². The molecule has 0 radical (unpaired) electrons. The molecule has 1 rings (SSSR count). The van der Waals surface area contributed by atoms with Crippen molar-refractivity contribution in [1.82, 2.24) is 20.3 Å². The number of hydrogen-bond donors (Lipinski definition) is 1. The van der Waals surface area contributed by atoms with E-state index in [1.807, 2.05) is 14.1 Å². The van der Waals surface area contributed by atoms with Gasteiger partial charge in [0.2, 0.25) is 0 Å². The lowest BCUT2D eigenvalue weighted by Crippen LogP contribution is -2.21. The van der Waals surface area contributed by atoms with E-state index < -0.39 is 0 Å². The van der Waals surface area contributed by atoms with Gasteiger partial charge in [0.1, 0.15) is 0 Å². The van der Waals surface area contributed by atoms with E-state index in [1.54, 1.807) is 11.8 Å². The van der Waals surface area contributed by atoms with Crippen molar-refractivity contribution in [1.29, 1.82) is 0 Å². The van der Waals surface area contributed by atoms with Gasteiger partial charge in [-0.05, 0) is 42.7 Å². The normalized spacial score (nSPS) is 15.1. The molecule has 1 aromatic rings. The molecule has 16 heavy (non-hydrogen) atoms. The van der Waals surface area contributed by atoms with Crippen LogP contribution in [-0.2, 0) is 11.8 Å². The van der Waals surface area contributed by atoms with Crippen LogP contribution < -0.4 is 5.32 Å². The van der Waals surface area contributed by atoms with Gasteiger partial charge in [0.25, 0.3) is 0 Å². The average Bonchev–Trinajstić information content (AvgIpc) is 2.61. The van der Waals surface area contributed by atoms with Gasteiger partial charge in [-0.25, -0.2) is 4.68 Å². The average molecular weight is 291 g/mol. The number of aromatic nitrogens is 3. The minimum absolute atomic E-state index is 0.243. The second-order valence-corrected chi connectivity index (χ2v) is 4.61. The van der Waals surface area contributed by atoms with Crippen LogP contribution in [0.15, 0.2) is 4.60 Å². The molecule has 2 unspecified atom stereocenters. The molecule has 0 fully saturated rings. The Hall–Kier alpha value is -0.460. The summed E-state index contributed by atoms with van der Waals surface area (Å²) in [7, 11) is 5.58. The molecule has 0 amide bonds. The summed E-state index contributed by atoms with van der Waals surface area (Å²) in [5, 5.41) is 11.3. The summed E-state index contributed by atoms with van der Waals surface area (Å²) in [5.74, 6) is 0. The quantitative estimate of drug-likeness (QED) is 0.866. The lowest BCUT2D eigenvalue weighted by atomic mass is 10.1. The van der Waals surface area contributed by atoms with Crippen LogP contribution in [0.5, 0.6) is 0 Å². The monoisotopic (exact) mass is 290 g/mol. The zero-order valence-electron chi connectivity index (χ0n) is 10.2. The maximum Gasteiger partial charge on any atom is 0.153 e. The molecule has 1 N–H and O–H groups in total. The Morgan fingerprint density at radius 2 is 2.19 bits per heavy atom. The van der Waals surface area contributed by atoms with Gasteiger partial charge >= 0.3 is 0 Å². The molecule has 6 heteroatoms. The summed E-state index contributed by atoms with van der Waals surface area (Å²) in [5.41, 5.74) is 1.07. The molecule has 92 valence electrons. The molecule has 0 aliphatic carbocycles. The highest BCUT2D eigenvalue weighted by molar-refractivity contribution is 9.10. The Labute approximate surface area is 105 Å². The van der Waals surface area contributed by atoms with Crippen molar-refractivity contribution >= 4 is 15.9 Å². The van der Waals surface area contributed by atoms with Crippen LogP contribution in [0.4, 0.5) is 0 Å². The van der Waals surface area contributed by atoms with Crippen LogP contribution in [0, 0.1) is 0 Å². The van der Waals surface area contributed by atoms with Crippen molar-refractivity contribution in [2.45, 2.75) is 31.9 Å². The summed E-state index contributed by atoms with van der Waals surface area (Å²) in [6, 6.07) is 0.243. The van der Waals surface area contributed by atoms with Crippen LogP contribution in [0.1, 0.15) is 31.5 Å². The number of hydrogen-bond acceptors (Lipinski definition) is 4. The molecule has 0 bridgehead atoms. The molecular formula is C10H19BrN4O. The van der Waals surface area contributed by atoms with Crippen LogP contribution in [0.3, 0.4) is 0 Å². The number of nitrogens with zero attached hydrogens (tertiary/aromatic N) is 3. The first-order chi connectivity index (χ1) is 7.60. The van der Waals surface area contributed by atoms with Gasteiger partial charge in [0.05, 0.1) is 17.8 Å². The summed E-state index contributed by atoms with van der Waals surface area (Å²) in [4.78, 5) is 0. The van der Waals surface area contributed by atoms with Gasteiger partial charge in [-0.1, -0.05) is 5.21 Å². The molecule has 0 saturated carbocycles. The lowest BCUT2D eigenvalue weighted by molar-refractivity contribution is 0.106.